The molecule has 0 bridgehead atoms. The van der Waals surface area contributed by atoms with E-state index in [9.17, 15) is 25.3 Å². The summed E-state index contributed by atoms with van der Waals surface area (Å²) in [7, 11) is 0. The van der Waals surface area contributed by atoms with Crippen molar-refractivity contribution in [1.29, 1.82) is 5.26 Å². The molecule has 0 heterocycles. The molecule has 0 unspecified atom stereocenters. The van der Waals surface area contributed by atoms with Gasteiger partial charge in [0.05, 0.1) is 11.0 Å². The molecule has 0 saturated carbocycles. The van der Waals surface area contributed by atoms with Gasteiger partial charge in [0, 0.05) is 16.7 Å². The van der Waals surface area contributed by atoms with Gasteiger partial charge in [-0.2, -0.15) is 5.26 Å². The second-order valence-corrected chi connectivity index (χ2v) is 5.83. The van der Waals surface area contributed by atoms with Crippen LogP contribution in [-0.2, 0) is 4.79 Å². The first-order valence-electron chi connectivity index (χ1n) is 7.48. The van der Waals surface area contributed by atoms with Crippen molar-refractivity contribution in [2.75, 3.05) is 0 Å². The maximum Gasteiger partial charge on any atom is 0.312 e. The van der Waals surface area contributed by atoms with Gasteiger partial charge in [0.25, 0.3) is 5.91 Å². The van der Waals surface area contributed by atoms with Crippen LogP contribution < -0.4 is 5.32 Å². The summed E-state index contributed by atoms with van der Waals surface area (Å²) in [5.74, 6) is -1.35. The smallest absolute Gasteiger partial charge is 0.312 e. The van der Waals surface area contributed by atoms with Gasteiger partial charge < -0.3 is 10.4 Å². The number of hydrogen-bond donors (Lipinski definition) is 2. The second kappa shape index (κ2) is 8.14. The number of phenolic OH excluding ortho intramolecular Hbond substituents is 1. The SMILES string of the molecule is C[C@H](NC(=O)/C(C#N)=C\c1cc(Cl)cc([N+](=O)[O-])c1O)c1ccccc1. The van der Waals surface area contributed by atoms with Gasteiger partial charge in [0.1, 0.15) is 11.6 Å². The summed E-state index contributed by atoms with van der Waals surface area (Å²) in [6.45, 7) is 1.75. The molecule has 1 amide bonds. The second-order valence-electron chi connectivity index (χ2n) is 5.40. The molecule has 2 rings (SSSR count). The van der Waals surface area contributed by atoms with E-state index in [4.69, 9.17) is 11.6 Å². The minimum absolute atomic E-state index is 0.00361. The molecule has 0 aliphatic carbocycles. The minimum atomic E-state index is -0.803. The fourth-order valence-electron chi connectivity index (χ4n) is 2.26. The van der Waals surface area contributed by atoms with Crippen molar-refractivity contribution in [3.8, 4) is 11.8 Å². The van der Waals surface area contributed by atoms with Gasteiger partial charge in [-0.3, -0.25) is 14.9 Å². The van der Waals surface area contributed by atoms with E-state index in [1.165, 1.54) is 6.07 Å². The van der Waals surface area contributed by atoms with Crippen LogP contribution in [0, 0.1) is 21.4 Å². The number of nitro groups is 1. The molecular formula is C18H14ClN3O4. The Morgan fingerprint density at radius 3 is 2.62 bits per heavy atom. The molecule has 0 saturated heterocycles. The third-order valence-electron chi connectivity index (χ3n) is 3.59. The highest BCUT2D eigenvalue weighted by atomic mass is 35.5. The molecule has 7 nitrogen and oxygen atoms in total. The van der Waals surface area contributed by atoms with E-state index in [1.54, 1.807) is 13.0 Å². The van der Waals surface area contributed by atoms with Crippen molar-refractivity contribution in [2.24, 2.45) is 0 Å². The molecule has 1 atom stereocenters. The number of carbonyl (C=O) groups is 1. The van der Waals surface area contributed by atoms with E-state index in [0.717, 1.165) is 17.7 Å². The van der Waals surface area contributed by atoms with Crippen LogP contribution in [0.15, 0.2) is 48.0 Å². The number of carbonyl (C=O) groups excluding carboxylic acids is 1. The maximum atomic E-state index is 12.3. The predicted octanol–water partition coefficient (Wildman–Crippen LogP) is 3.74. The molecule has 0 aliphatic heterocycles. The Morgan fingerprint density at radius 2 is 2.04 bits per heavy atom. The first kappa shape index (κ1) is 19.0. The summed E-state index contributed by atoms with van der Waals surface area (Å²) < 4.78 is 0. The minimum Gasteiger partial charge on any atom is -0.502 e. The van der Waals surface area contributed by atoms with E-state index in [0.29, 0.717) is 0 Å². The van der Waals surface area contributed by atoms with Crippen LogP contribution in [0.1, 0.15) is 24.1 Å². The molecule has 2 N–H and O–H groups in total. The molecule has 2 aromatic carbocycles. The van der Waals surface area contributed by atoms with Crippen molar-refractivity contribution in [3.05, 3.63) is 74.3 Å². The Bertz CT molecular complexity index is 920. The molecule has 0 fully saturated rings. The Balaban J connectivity index is 2.32. The fraction of sp³-hybridized carbons (Fsp3) is 0.111. The predicted molar refractivity (Wildman–Crippen MR) is 96.4 cm³/mol. The fourth-order valence-corrected chi connectivity index (χ4v) is 2.48. The van der Waals surface area contributed by atoms with Gasteiger partial charge >= 0.3 is 5.69 Å². The number of nitriles is 1. The Kier molecular flexibility index (Phi) is 5.94. The lowest BCUT2D eigenvalue weighted by Gasteiger charge is -2.13. The maximum absolute atomic E-state index is 12.3. The van der Waals surface area contributed by atoms with Crippen molar-refractivity contribution in [1.82, 2.24) is 5.32 Å². The number of nitro benzene ring substituents is 1. The summed E-state index contributed by atoms with van der Waals surface area (Å²) >= 11 is 5.81. The van der Waals surface area contributed by atoms with Gasteiger partial charge in [-0.25, -0.2) is 0 Å². The third kappa shape index (κ3) is 4.37. The topological polar surface area (TPSA) is 116 Å². The van der Waals surface area contributed by atoms with E-state index in [1.807, 2.05) is 30.3 Å². The number of phenols is 1. The number of hydrogen-bond acceptors (Lipinski definition) is 5. The highest BCUT2D eigenvalue weighted by molar-refractivity contribution is 6.31. The van der Waals surface area contributed by atoms with Gasteiger partial charge in [0.2, 0.25) is 5.75 Å². The van der Waals surface area contributed by atoms with Gasteiger partial charge in [-0.05, 0) is 24.6 Å². The largest absolute Gasteiger partial charge is 0.502 e. The molecule has 0 aliphatic rings. The monoisotopic (exact) mass is 371 g/mol. The van der Waals surface area contributed by atoms with Crippen molar-refractivity contribution < 1.29 is 14.8 Å². The lowest BCUT2D eigenvalue weighted by molar-refractivity contribution is -0.385. The quantitative estimate of drug-likeness (QED) is 0.359. The van der Waals surface area contributed by atoms with E-state index in [2.05, 4.69) is 5.32 Å². The molecule has 0 aromatic heterocycles. The zero-order valence-electron chi connectivity index (χ0n) is 13.6. The van der Waals surface area contributed by atoms with Crippen LogP contribution in [0.3, 0.4) is 0 Å². The van der Waals surface area contributed by atoms with Crippen LogP contribution in [-0.4, -0.2) is 15.9 Å². The number of nitrogens with one attached hydrogen (secondary N) is 1. The molecule has 0 radical (unpaired) electrons. The molecule has 132 valence electrons. The highest BCUT2D eigenvalue weighted by Crippen LogP contribution is 2.34. The van der Waals surface area contributed by atoms with Crippen LogP contribution in [0.25, 0.3) is 6.08 Å². The Morgan fingerprint density at radius 1 is 1.38 bits per heavy atom. The van der Waals surface area contributed by atoms with Crippen molar-refractivity contribution >= 4 is 29.3 Å². The Hall–Kier alpha value is -3.37. The van der Waals surface area contributed by atoms with Crippen molar-refractivity contribution in [2.45, 2.75) is 13.0 Å². The van der Waals surface area contributed by atoms with Crippen molar-refractivity contribution in [3.63, 3.8) is 0 Å². The summed E-state index contributed by atoms with van der Waals surface area (Å²) in [4.78, 5) is 22.5. The summed E-state index contributed by atoms with van der Waals surface area (Å²) in [5, 5.41) is 32.8. The number of rotatable bonds is 5. The first-order valence-corrected chi connectivity index (χ1v) is 7.85. The van der Waals surface area contributed by atoms with Crippen LogP contribution in [0.2, 0.25) is 5.02 Å². The normalized spacial score (nSPS) is 12.1. The van der Waals surface area contributed by atoms with Crippen LogP contribution in [0.5, 0.6) is 5.75 Å². The lowest BCUT2D eigenvalue weighted by atomic mass is 10.1. The lowest BCUT2D eigenvalue weighted by Crippen LogP contribution is -2.27. The first-order chi connectivity index (χ1) is 12.3. The number of benzene rings is 2. The molecule has 8 heteroatoms. The molecule has 2 aromatic rings. The number of amides is 1. The van der Waals surface area contributed by atoms with E-state index in [-0.39, 0.29) is 22.2 Å². The molecule has 26 heavy (non-hydrogen) atoms. The highest BCUT2D eigenvalue weighted by Gasteiger charge is 2.20. The summed E-state index contributed by atoms with van der Waals surface area (Å²) in [6, 6.07) is 12.7. The molecular weight excluding hydrogens is 358 g/mol. The summed E-state index contributed by atoms with van der Waals surface area (Å²) in [6.07, 6.45) is 1.06. The zero-order valence-corrected chi connectivity index (χ0v) is 14.4. The van der Waals surface area contributed by atoms with Gasteiger partial charge in [-0.1, -0.05) is 41.9 Å². The molecule has 0 spiro atoms. The third-order valence-corrected chi connectivity index (χ3v) is 3.81. The Labute approximate surface area is 154 Å². The average Bonchev–Trinajstić information content (AvgIpc) is 2.62. The van der Waals surface area contributed by atoms with E-state index < -0.39 is 22.3 Å². The van der Waals surface area contributed by atoms with E-state index >= 15 is 0 Å². The number of aromatic hydroxyl groups is 1. The summed E-state index contributed by atoms with van der Waals surface area (Å²) in [5.41, 5.74) is -0.179. The number of halogens is 1. The number of nitrogens with zero attached hydrogens (tertiary/aromatic N) is 2. The van der Waals surface area contributed by atoms with Crippen LogP contribution in [0.4, 0.5) is 5.69 Å². The van der Waals surface area contributed by atoms with Gasteiger partial charge in [0.15, 0.2) is 0 Å². The van der Waals surface area contributed by atoms with Crippen LogP contribution >= 0.6 is 11.6 Å². The average molecular weight is 372 g/mol. The standard InChI is InChI=1S/C18H14ClN3O4/c1-11(12-5-3-2-4-6-12)21-18(24)14(10-20)7-13-8-15(19)9-16(17(13)23)22(25)26/h2-9,11,23H,1H3,(H,21,24)/b14-7-/t11-/m0/s1. The van der Waals surface area contributed by atoms with Gasteiger partial charge in [-0.15, -0.1) is 0 Å². The zero-order chi connectivity index (χ0) is 19.3.